The van der Waals surface area contributed by atoms with Crippen LogP contribution in [0.25, 0.3) is 0 Å². The number of nitrogens with one attached hydrogen (secondary N) is 2. The van der Waals surface area contributed by atoms with Gasteiger partial charge in [-0.25, -0.2) is 4.79 Å². The average Bonchev–Trinajstić information content (AvgIpc) is 2.40. The number of amides is 1. The summed E-state index contributed by atoms with van der Waals surface area (Å²) in [5.41, 5.74) is 1.74. The summed E-state index contributed by atoms with van der Waals surface area (Å²) >= 11 is 0. The number of rotatable bonds is 6. The van der Waals surface area contributed by atoms with Gasteiger partial charge in [-0.3, -0.25) is 5.32 Å². The third kappa shape index (κ3) is 4.65. The molecule has 0 saturated carbocycles. The largest absolute Gasteiger partial charge is 0.453 e. The molecule has 18 heavy (non-hydrogen) atoms. The summed E-state index contributed by atoms with van der Waals surface area (Å²) in [7, 11) is 1.35. The van der Waals surface area contributed by atoms with Crippen LogP contribution >= 0.6 is 0 Å². The second-order valence-electron chi connectivity index (χ2n) is 4.26. The van der Waals surface area contributed by atoms with Crippen molar-refractivity contribution in [2.24, 2.45) is 5.92 Å². The van der Waals surface area contributed by atoms with E-state index in [0.717, 1.165) is 17.9 Å². The highest BCUT2D eigenvalue weighted by atomic mass is 16.5. The fourth-order valence-electron chi connectivity index (χ4n) is 1.72. The van der Waals surface area contributed by atoms with Gasteiger partial charge in [-0.1, -0.05) is 32.8 Å². The first-order valence-corrected chi connectivity index (χ1v) is 6.38. The van der Waals surface area contributed by atoms with Crippen LogP contribution in [0.1, 0.15) is 26.7 Å². The lowest BCUT2D eigenvalue weighted by molar-refractivity contribution is 0.187. The van der Waals surface area contributed by atoms with Gasteiger partial charge in [-0.05, 0) is 24.1 Å². The van der Waals surface area contributed by atoms with Crippen LogP contribution in [0.3, 0.4) is 0 Å². The van der Waals surface area contributed by atoms with Gasteiger partial charge in [0.05, 0.1) is 7.11 Å². The number of benzene rings is 1. The molecule has 0 aliphatic rings. The highest BCUT2D eigenvalue weighted by Crippen LogP contribution is 2.16. The molecule has 0 aliphatic carbocycles. The third-order valence-electron chi connectivity index (χ3n) is 3.04. The Labute approximate surface area is 109 Å². The number of carbonyl (C=O) groups excluding carboxylic acids is 1. The summed E-state index contributed by atoms with van der Waals surface area (Å²) in [5, 5.41) is 6.03. The van der Waals surface area contributed by atoms with Gasteiger partial charge in [0.25, 0.3) is 0 Å². The van der Waals surface area contributed by atoms with Crippen molar-refractivity contribution >= 4 is 17.5 Å². The molecule has 1 amide bonds. The molecule has 0 radical (unpaired) electrons. The maximum absolute atomic E-state index is 11.1. The van der Waals surface area contributed by atoms with Crippen molar-refractivity contribution in [3.8, 4) is 0 Å². The number of methoxy groups -OCH3 is 1. The van der Waals surface area contributed by atoms with Gasteiger partial charge in [0.1, 0.15) is 0 Å². The SMILES string of the molecule is CCC(CC)CNc1cccc(NC(=O)OC)c1. The summed E-state index contributed by atoms with van der Waals surface area (Å²) < 4.78 is 4.56. The van der Waals surface area contributed by atoms with Gasteiger partial charge in [-0.15, -0.1) is 0 Å². The zero-order chi connectivity index (χ0) is 13.4. The molecule has 0 spiro atoms. The number of hydrogen-bond acceptors (Lipinski definition) is 3. The first-order chi connectivity index (χ1) is 8.69. The van der Waals surface area contributed by atoms with Crippen molar-refractivity contribution in [2.75, 3.05) is 24.3 Å². The van der Waals surface area contributed by atoms with E-state index in [4.69, 9.17) is 0 Å². The Morgan fingerprint density at radius 3 is 2.56 bits per heavy atom. The standard InChI is InChI=1S/C14H22N2O2/c1-4-11(5-2)10-15-12-7-6-8-13(9-12)16-14(17)18-3/h6-9,11,15H,4-5,10H2,1-3H3,(H,16,17). The minimum atomic E-state index is -0.452. The van der Waals surface area contributed by atoms with Gasteiger partial charge >= 0.3 is 6.09 Å². The van der Waals surface area contributed by atoms with Crippen molar-refractivity contribution in [3.05, 3.63) is 24.3 Å². The van der Waals surface area contributed by atoms with Crippen LogP contribution in [0.15, 0.2) is 24.3 Å². The Morgan fingerprint density at radius 2 is 1.94 bits per heavy atom. The second kappa shape index (κ2) is 7.58. The monoisotopic (exact) mass is 250 g/mol. The average molecular weight is 250 g/mol. The van der Waals surface area contributed by atoms with E-state index in [1.807, 2.05) is 24.3 Å². The molecule has 1 rings (SSSR count). The van der Waals surface area contributed by atoms with Gasteiger partial charge < -0.3 is 10.1 Å². The molecule has 1 aromatic carbocycles. The minimum Gasteiger partial charge on any atom is -0.453 e. The maximum atomic E-state index is 11.1. The Hall–Kier alpha value is -1.71. The van der Waals surface area contributed by atoms with Crippen LogP contribution in [0.2, 0.25) is 0 Å². The molecular formula is C14H22N2O2. The van der Waals surface area contributed by atoms with E-state index < -0.39 is 6.09 Å². The maximum Gasteiger partial charge on any atom is 0.411 e. The molecule has 0 aromatic heterocycles. The van der Waals surface area contributed by atoms with Crippen LogP contribution < -0.4 is 10.6 Å². The zero-order valence-corrected chi connectivity index (χ0v) is 11.3. The molecule has 0 fully saturated rings. The molecule has 2 N–H and O–H groups in total. The molecule has 1 aromatic rings. The molecule has 0 saturated heterocycles. The van der Waals surface area contributed by atoms with Crippen LogP contribution in [-0.4, -0.2) is 19.7 Å². The van der Waals surface area contributed by atoms with Crippen molar-refractivity contribution < 1.29 is 9.53 Å². The summed E-state index contributed by atoms with van der Waals surface area (Å²) in [5.74, 6) is 0.683. The van der Waals surface area contributed by atoms with Crippen LogP contribution in [0, 0.1) is 5.92 Å². The van der Waals surface area contributed by atoms with Gasteiger partial charge in [-0.2, -0.15) is 0 Å². The molecule has 4 heteroatoms. The lowest BCUT2D eigenvalue weighted by Crippen LogP contribution is -2.13. The van der Waals surface area contributed by atoms with Gasteiger partial charge in [0.15, 0.2) is 0 Å². The summed E-state index contributed by atoms with van der Waals surface area (Å²) in [6.45, 7) is 5.35. The van der Waals surface area contributed by atoms with Crippen LogP contribution in [0.5, 0.6) is 0 Å². The van der Waals surface area contributed by atoms with Crippen molar-refractivity contribution in [2.45, 2.75) is 26.7 Å². The lowest BCUT2D eigenvalue weighted by Gasteiger charge is -2.15. The molecule has 0 atom stereocenters. The zero-order valence-electron chi connectivity index (χ0n) is 11.3. The molecule has 0 heterocycles. The normalized spacial score (nSPS) is 10.2. The highest BCUT2D eigenvalue weighted by molar-refractivity contribution is 5.85. The van der Waals surface area contributed by atoms with E-state index >= 15 is 0 Å². The predicted octanol–water partition coefficient (Wildman–Crippen LogP) is 3.71. The summed E-state index contributed by atoms with van der Waals surface area (Å²) in [6.07, 6.45) is 1.89. The quantitative estimate of drug-likeness (QED) is 0.809. The van der Waals surface area contributed by atoms with Crippen molar-refractivity contribution in [1.82, 2.24) is 0 Å². The van der Waals surface area contributed by atoms with Crippen molar-refractivity contribution in [1.29, 1.82) is 0 Å². The van der Waals surface area contributed by atoms with Gasteiger partial charge in [0.2, 0.25) is 0 Å². The van der Waals surface area contributed by atoms with Crippen molar-refractivity contribution in [3.63, 3.8) is 0 Å². The lowest BCUT2D eigenvalue weighted by atomic mass is 10.0. The summed E-state index contributed by atoms with van der Waals surface area (Å²) in [6, 6.07) is 7.63. The van der Waals surface area contributed by atoms with E-state index in [1.54, 1.807) is 0 Å². The molecule has 0 unspecified atom stereocenters. The van der Waals surface area contributed by atoms with Crippen LogP contribution in [-0.2, 0) is 4.74 Å². The topological polar surface area (TPSA) is 50.4 Å². The molecule has 100 valence electrons. The first kappa shape index (κ1) is 14.4. The first-order valence-electron chi connectivity index (χ1n) is 6.38. The highest BCUT2D eigenvalue weighted by Gasteiger charge is 2.04. The number of anilines is 2. The minimum absolute atomic E-state index is 0.452. The van der Waals surface area contributed by atoms with E-state index in [0.29, 0.717) is 5.92 Å². The van der Waals surface area contributed by atoms with Crippen LogP contribution in [0.4, 0.5) is 16.2 Å². The number of carbonyl (C=O) groups is 1. The van der Waals surface area contributed by atoms with E-state index in [-0.39, 0.29) is 0 Å². The molecule has 0 bridgehead atoms. The Kier molecular flexibility index (Phi) is 6.05. The molecule has 4 nitrogen and oxygen atoms in total. The van der Waals surface area contributed by atoms with Gasteiger partial charge in [0, 0.05) is 17.9 Å². The fraction of sp³-hybridized carbons (Fsp3) is 0.500. The second-order valence-corrected chi connectivity index (χ2v) is 4.26. The molecular weight excluding hydrogens is 228 g/mol. The molecule has 0 aliphatic heterocycles. The number of ether oxygens (including phenoxy) is 1. The van der Waals surface area contributed by atoms with E-state index in [9.17, 15) is 4.79 Å². The Morgan fingerprint density at radius 1 is 1.28 bits per heavy atom. The van der Waals surface area contributed by atoms with E-state index in [2.05, 4.69) is 29.2 Å². The number of hydrogen-bond donors (Lipinski definition) is 2. The third-order valence-corrected chi connectivity index (χ3v) is 3.04. The Bertz CT molecular complexity index is 376. The fourth-order valence-corrected chi connectivity index (χ4v) is 1.72. The Balaban J connectivity index is 2.56. The summed E-state index contributed by atoms with van der Waals surface area (Å²) in [4.78, 5) is 11.1. The van der Waals surface area contributed by atoms with E-state index in [1.165, 1.54) is 20.0 Å². The smallest absolute Gasteiger partial charge is 0.411 e. The predicted molar refractivity (Wildman–Crippen MR) is 75.0 cm³/mol.